The summed E-state index contributed by atoms with van der Waals surface area (Å²) < 4.78 is 35.1. The van der Waals surface area contributed by atoms with E-state index in [0.29, 0.717) is 37.1 Å². The summed E-state index contributed by atoms with van der Waals surface area (Å²) in [6.07, 6.45) is 4.88. The van der Waals surface area contributed by atoms with Crippen LogP contribution in [0.15, 0.2) is 46.4 Å². The molecule has 0 spiro atoms. The first-order valence-electron chi connectivity index (χ1n) is 12.6. The molecule has 1 saturated heterocycles. The Kier molecular flexibility index (Phi) is 7.35. The van der Waals surface area contributed by atoms with Gasteiger partial charge in [-0.25, -0.2) is 13.8 Å². The van der Waals surface area contributed by atoms with Crippen molar-refractivity contribution in [3.63, 3.8) is 0 Å². The lowest BCUT2D eigenvalue weighted by atomic mass is 9.90. The van der Waals surface area contributed by atoms with Crippen molar-refractivity contribution in [2.24, 2.45) is 11.0 Å². The normalized spacial score (nSPS) is 18.7. The minimum atomic E-state index is -3.60. The Morgan fingerprint density at radius 3 is 2.76 bits per heavy atom. The third kappa shape index (κ3) is 5.29. The lowest BCUT2D eigenvalue weighted by molar-refractivity contribution is 0.0730. The van der Waals surface area contributed by atoms with E-state index in [2.05, 4.69) is 17.5 Å². The highest BCUT2D eigenvalue weighted by molar-refractivity contribution is 7.89. The van der Waals surface area contributed by atoms with E-state index in [1.54, 1.807) is 35.8 Å². The molecule has 37 heavy (non-hydrogen) atoms. The standard InChI is InChI=1S/C27H32N4O4S2/c1-18-7-8-25-21(13-18)15-26(36-25)27(32)29-28-17-22-14-19(2)31(20(22)3)23-5-4-6-24(16-23)37(33,34)30-9-11-35-12-10-30/h4-6,14-18H,7-13H2,1-3H3,(H,29,32)/b28-17-/t18-/m0/s1. The lowest BCUT2D eigenvalue weighted by Gasteiger charge is -2.26. The van der Waals surface area contributed by atoms with Gasteiger partial charge in [-0.3, -0.25) is 4.79 Å². The number of hydrazone groups is 1. The number of rotatable bonds is 6. The second-order valence-corrected chi connectivity index (χ2v) is 12.9. The Balaban J connectivity index is 1.33. The van der Waals surface area contributed by atoms with Gasteiger partial charge >= 0.3 is 0 Å². The highest BCUT2D eigenvalue weighted by atomic mass is 32.2. The first-order chi connectivity index (χ1) is 17.7. The van der Waals surface area contributed by atoms with Crippen LogP contribution < -0.4 is 5.43 Å². The Morgan fingerprint density at radius 1 is 1.19 bits per heavy atom. The molecule has 0 bridgehead atoms. The molecule has 1 atom stereocenters. The van der Waals surface area contributed by atoms with E-state index in [-0.39, 0.29) is 10.8 Å². The number of carbonyl (C=O) groups is 1. The van der Waals surface area contributed by atoms with Crippen LogP contribution in [0.2, 0.25) is 0 Å². The molecule has 0 radical (unpaired) electrons. The van der Waals surface area contributed by atoms with E-state index in [9.17, 15) is 13.2 Å². The van der Waals surface area contributed by atoms with Crippen LogP contribution in [0.25, 0.3) is 5.69 Å². The number of ether oxygens (including phenoxy) is 1. The third-order valence-corrected chi connectivity index (χ3v) is 10.2. The van der Waals surface area contributed by atoms with Crippen molar-refractivity contribution in [3.05, 3.63) is 68.7 Å². The number of carbonyl (C=O) groups excluding carboxylic acids is 1. The second kappa shape index (κ2) is 10.5. The number of aromatic nitrogens is 1. The molecule has 5 rings (SSSR count). The highest BCUT2D eigenvalue weighted by Gasteiger charge is 2.27. The van der Waals surface area contributed by atoms with Gasteiger partial charge in [0.1, 0.15) is 0 Å². The maximum Gasteiger partial charge on any atom is 0.281 e. The molecule has 3 aromatic rings. The molecule has 2 aliphatic rings. The van der Waals surface area contributed by atoms with Gasteiger partial charge in [0.15, 0.2) is 0 Å². The third-order valence-electron chi connectivity index (χ3n) is 7.08. The molecular formula is C27H32N4O4S2. The zero-order chi connectivity index (χ0) is 26.2. The highest BCUT2D eigenvalue weighted by Crippen LogP contribution is 2.32. The first-order valence-corrected chi connectivity index (χ1v) is 14.8. The summed E-state index contributed by atoms with van der Waals surface area (Å²) in [4.78, 5) is 15.0. The summed E-state index contributed by atoms with van der Waals surface area (Å²) in [5, 5.41) is 4.22. The van der Waals surface area contributed by atoms with Crippen LogP contribution >= 0.6 is 11.3 Å². The average Bonchev–Trinajstić information content (AvgIpc) is 3.44. The maximum absolute atomic E-state index is 13.1. The van der Waals surface area contributed by atoms with Crippen LogP contribution in [0.1, 0.15) is 50.4 Å². The summed E-state index contributed by atoms with van der Waals surface area (Å²) in [6.45, 7) is 7.68. The number of fused-ring (bicyclic) bond motifs is 1. The Labute approximate surface area is 222 Å². The fourth-order valence-electron chi connectivity index (χ4n) is 5.07. The topological polar surface area (TPSA) is 93.0 Å². The van der Waals surface area contributed by atoms with Gasteiger partial charge < -0.3 is 9.30 Å². The zero-order valence-corrected chi connectivity index (χ0v) is 23.0. The number of hydrogen-bond acceptors (Lipinski definition) is 6. The van der Waals surface area contributed by atoms with E-state index in [4.69, 9.17) is 4.74 Å². The number of benzene rings is 1. The molecule has 1 amide bonds. The van der Waals surface area contributed by atoms with Crippen molar-refractivity contribution in [2.45, 2.75) is 44.9 Å². The number of sulfonamides is 1. The average molecular weight is 541 g/mol. The summed E-state index contributed by atoms with van der Waals surface area (Å²) in [5.41, 5.74) is 7.39. The number of nitrogens with one attached hydrogen (secondary N) is 1. The molecule has 8 nitrogen and oxygen atoms in total. The lowest BCUT2D eigenvalue weighted by Crippen LogP contribution is -2.40. The van der Waals surface area contributed by atoms with Crippen LogP contribution in [0.5, 0.6) is 0 Å². The van der Waals surface area contributed by atoms with Gasteiger partial charge in [0.05, 0.1) is 29.2 Å². The molecule has 3 heterocycles. The first kappa shape index (κ1) is 25.8. The van der Waals surface area contributed by atoms with Crippen molar-refractivity contribution < 1.29 is 17.9 Å². The summed E-state index contributed by atoms with van der Waals surface area (Å²) in [6, 6.07) is 11.0. The second-order valence-electron chi connectivity index (χ2n) is 9.78. The van der Waals surface area contributed by atoms with Crippen LogP contribution in [-0.2, 0) is 27.6 Å². The zero-order valence-electron chi connectivity index (χ0n) is 21.4. The summed E-state index contributed by atoms with van der Waals surface area (Å²) >= 11 is 1.56. The molecular weight excluding hydrogens is 508 g/mol. The number of nitrogens with zero attached hydrogens (tertiary/aromatic N) is 3. The quantitative estimate of drug-likeness (QED) is 0.377. The summed E-state index contributed by atoms with van der Waals surface area (Å²) in [5.74, 6) is 0.463. The van der Waals surface area contributed by atoms with Crippen molar-refractivity contribution in [3.8, 4) is 5.69 Å². The van der Waals surface area contributed by atoms with Crippen LogP contribution in [0.3, 0.4) is 0 Å². The van der Waals surface area contributed by atoms with Crippen molar-refractivity contribution in [1.82, 2.24) is 14.3 Å². The molecule has 0 unspecified atom stereocenters. The van der Waals surface area contributed by atoms with Gasteiger partial charge in [-0.05, 0) is 74.9 Å². The molecule has 1 aromatic carbocycles. The molecule has 1 N–H and O–H groups in total. The monoisotopic (exact) mass is 540 g/mol. The van der Waals surface area contributed by atoms with E-state index in [1.807, 2.05) is 36.6 Å². The fourth-order valence-corrected chi connectivity index (χ4v) is 7.61. The maximum atomic E-state index is 13.1. The predicted octanol–water partition coefficient (Wildman–Crippen LogP) is 4.07. The van der Waals surface area contributed by atoms with Gasteiger partial charge in [-0.2, -0.15) is 9.41 Å². The molecule has 1 aliphatic heterocycles. The van der Waals surface area contributed by atoms with E-state index >= 15 is 0 Å². The number of aryl methyl sites for hydroxylation is 2. The number of hydrogen-bond donors (Lipinski definition) is 1. The van der Waals surface area contributed by atoms with Gasteiger partial charge in [0.25, 0.3) is 5.91 Å². The minimum absolute atomic E-state index is 0.196. The van der Waals surface area contributed by atoms with E-state index in [1.165, 1.54) is 21.2 Å². The van der Waals surface area contributed by atoms with E-state index < -0.39 is 10.0 Å². The molecule has 10 heteroatoms. The molecule has 2 aromatic heterocycles. The Morgan fingerprint density at radius 2 is 1.97 bits per heavy atom. The van der Waals surface area contributed by atoms with Crippen LogP contribution in [0.4, 0.5) is 0 Å². The molecule has 0 saturated carbocycles. The Bertz CT molecular complexity index is 1450. The van der Waals surface area contributed by atoms with Gasteiger partial charge in [-0.1, -0.05) is 13.0 Å². The summed E-state index contributed by atoms with van der Waals surface area (Å²) in [7, 11) is -3.60. The number of morpholine rings is 1. The number of amides is 1. The van der Waals surface area contributed by atoms with Crippen LogP contribution in [-0.4, -0.2) is 55.7 Å². The smallest absolute Gasteiger partial charge is 0.281 e. The number of thiophene rings is 1. The molecule has 1 aliphatic carbocycles. The van der Waals surface area contributed by atoms with Crippen LogP contribution in [0, 0.1) is 19.8 Å². The van der Waals surface area contributed by atoms with Crippen molar-refractivity contribution >= 4 is 33.5 Å². The van der Waals surface area contributed by atoms with E-state index in [0.717, 1.165) is 35.5 Å². The molecule has 1 fully saturated rings. The Hall–Kier alpha value is -2.79. The predicted molar refractivity (Wildman–Crippen MR) is 145 cm³/mol. The van der Waals surface area contributed by atoms with Crippen molar-refractivity contribution in [1.29, 1.82) is 0 Å². The van der Waals surface area contributed by atoms with Crippen molar-refractivity contribution in [2.75, 3.05) is 26.3 Å². The largest absolute Gasteiger partial charge is 0.379 e. The van der Waals surface area contributed by atoms with Gasteiger partial charge in [-0.15, -0.1) is 11.3 Å². The van der Waals surface area contributed by atoms with Gasteiger partial charge in [0.2, 0.25) is 10.0 Å². The molecule has 196 valence electrons. The minimum Gasteiger partial charge on any atom is -0.379 e. The fraction of sp³-hybridized carbons (Fsp3) is 0.407. The van der Waals surface area contributed by atoms with Gasteiger partial charge in [0, 0.05) is 40.6 Å². The SMILES string of the molecule is Cc1cc(/C=N\NC(=O)c2cc3c(s2)CC[C@H](C)C3)c(C)n1-c1cccc(S(=O)(=O)N2CCOCC2)c1.